The molecule has 2 aliphatic rings. The van der Waals surface area contributed by atoms with Gasteiger partial charge in [0, 0.05) is 28.9 Å². The minimum absolute atomic E-state index is 0. The van der Waals surface area contributed by atoms with E-state index in [0.717, 1.165) is 48.6 Å². The summed E-state index contributed by atoms with van der Waals surface area (Å²) < 4.78 is 13.6. The molecule has 206 valence electrons. The average molecular weight is 554 g/mol. The number of hydrogen-bond acceptors (Lipinski definition) is 5. The molecule has 0 unspecified atom stereocenters. The number of nitrogens with zero attached hydrogens (tertiary/aromatic N) is 3. The fourth-order valence-electron chi connectivity index (χ4n) is 5.19. The summed E-state index contributed by atoms with van der Waals surface area (Å²) in [5.74, 6) is 2.44. The molecule has 2 fully saturated rings. The van der Waals surface area contributed by atoms with Crippen molar-refractivity contribution >= 4 is 35.9 Å². The summed E-state index contributed by atoms with van der Waals surface area (Å²) in [6.07, 6.45) is 7.73. The van der Waals surface area contributed by atoms with Crippen LogP contribution >= 0.6 is 24.0 Å². The third kappa shape index (κ3) is 9.08. The van der Waals surface area contributed by atoms with Crippen LogP contribution < -0.4 is 10.1 Å². The Labute approximate surface area is 232 Å². The molecule has 1 aromatic heterocycles. The first-order valence-corrected chi connectivity index (χ1v) is 13.9. The zero-order valence-corrected chi connectivity index (χ0v) is 24.0. The van der Waals surface area contributed by atoms with Crippen molar-refractivity contribution in [1.82, 2.24) is 14.7 Å². The number of halogens is 2. The summed E-state index contributed by atoms with van der Waals surface area (Å²) in [5, 5.41) is 8.05. The number of carbonyl (C=O) groups is 1. The zero-order chi connectivity index (χ0) is 25.5. The third-order valence-corrected chi connectivity index (χ3v) is 7.39. The molecular weight excluding hydrogens is 511 g/mol. The summed E-state index contributed by atoms with van der Waals surface area (Å²) in [4.78, 5) is 15.2. The van der Waals surface area contributed by atoms with Gasteiger partial charge in [0.15, 0.2) is 5.82 Å². The largest absolute Gasteiger partial charge is 0.493 e. The first-order chi connectivity index (χ1) is 17.4. The van der Waals surface area contributed by atoms with Crippen molar-refractivity contribution in [2.24, 2.45) is 11.8 Å². The number of amides is 1. The van der Waals surface area contributed by atoms with E-state index in [-0.39, 0.29) is 18.5 Å². The second kappa shape index (κ2) is 14.3. The van der Waals surface area contributed by atoms with E-state index in [0.29, 0.717) is 29.9 Å². The Balaban J connectivity index is 0.00000380. The predicted octanol–water partition coefficient (Wildman–Crippen LogP) is 6.94. The lowest BCUT2D eigenvalue weighted by Crippen LogP contribution is -2.36. The van der Waals surface area contributed by atoms with E-state index in [1.165, 1.54) is 38.9 Å². The molecule has 1 aliphatic heterocycles. The molecular formula is C28H42Cl2N4O3. The highest BCUT2D eigenvalue weighted by molar-refractivity contribution is 6.30. The summed E-state index contributed by atoms with van der Waals surface area (Å²) in [7, 11) is 0. The number of piperidine rings is 1. The van der Waals surface area contributed by atoms with Crippen molar-refractivity contribution in [2.75, 3.05) is 31.6 Å². The van der Waals surface area contributed by atoms with Crippen LogP contribution in [0.1, 0.15) is 70.1 Å². The Bertz CT molecular complexity index is 999. The number of anilines is 1. The first-order valence-electron chi connectivity index (χ1n) is 13.5. The molecule has 2 heterocycles. The van der Waals surface area contributed by atoms with E-state index in [4.69, 9.17) is 21.1 Å². The molecule has 0 spiro atoms. The van der Waals surface area contributed by atoms with Crippen molar-refractivity contribution in [1.29, 1.82) is 0 Å². The van der Waals surface area contributed by atoms with Gasteiger partial charge in [0.05, 0.1) is 13.2 Å². The molecule has 1 saturated carbocycles. The highest BCUT2D eigenvalue weighted by Gasteiger charge is 2.26. The molecule has 2 aromatic rings. The molecule has 7 nitrogen and oxygen atoms in total. The Kier molecular flexibility index (Phi) is 11.4. The van der Waals surface area contributed by atoms with E-state index in [2.05, 4.69) is 29.2 Å². The first kappa shape index (κ1) is 29.6. The van der Waals surface area contributed by atoms with E-state index in [1.807, 2.05) is 35.9 Å². The molecule has 1 aromatic carbocycles. The summed E-state index contributed by atoms with van der Waals surface area (Å²) in [5.41, 5.74) is 1.88. The molecule has 9 heteroatoms. The van der Waals surface area contributed by atoms with Gasteiger partial charge in [-0.25, -0.2) is 4.79 Å². The van der Waals surface area contributed by atoms with Gasteiger partial charge < -0.3 is 14.4 Å². The number of carbonyl (C=O) groups excluding carboxylic acids is 1. The Hall–Kier alpha value is -1.96. The lowest BCUT2D eigenvalue weighted by atomic mass is 9.86. The SMILES string of the molecule is Cc1cc(NC(=O)OC2CCC(CN3CCCCC3)CC2)nn1Cc1cc(Cl)ccc1OCC(C)C.Cl. The fraction of sp³-hybridized carbons (Fsp3) is 0.643. The zero-order valence-electron chi connectivity index (χ0n) is 22.4. The Morgan fingerprint density at radius 2 is 1.86 bits per heavy atom. The molecule has 1 N–H and O–H groups in total. The van der Waals surface area contributed by atoms with Crippen molar-refractivity contribution in [3.8, 4) is 5.75 Å². The normalized spacial score (nSPS) is 20.4. The van der Waals surface area contributed by atoms with Crippen LogP contribution in [0, 0.1) is 18.8 Å². The van der Waals surface area contributed by atoms with Crippen LogP contribution in [-0.2, 0) is 11.3 Å². The number of ether oxygens (including phenoxy) is 2. The highest BCUT2D eigenvalue weighted by Crippen LogP contribution is 2.29. The average Bonchev–Trinajstić information content (AvgIpc) is 3.18. The lowest BCUT2D eigenvalue weighted by Gasteiger charge is -2.34. The van der Waals surface area contributed by atoms with Gasteiger partial charge in [-0.15, -0.1) is 12.4 Å². The Morgan fingerprint density at radius 1 is 1.14 bits per heavy atom. The van der Waals surface area contributed by atoms with Crippen molar-refractivity contribution < 1.29 is 14.3 Å². The maximum absolute atomic E-state index is 12.6. The number of hydrogen-bond donors (Lipinski definition) is 1. The maximum atomic E-state index is 12.6. The van der Waals surface area contributed by atoms with Crippen LogP contribution in [0.4, 0.5) is 10.6 Å². The molecule has 0 bridgehead atoms. The molecule has 37 heavy (non-hydrogen) atoms. The number of likely N-dealkylation sites (tertiary alicyclic amines) is 1. The Morgan fingerprint density at radius 3 is 2.57 bits per heavy atom. The van der Waals surface area contributed by atoms with E-state index in [1.54, 1.807) is 0 Å². The van der Waals surface area contributed by atoms with Crippen molar-refractivity contribution in [2.45, 2.75) is 78.4 Å². The maximum Gasteiger partial charge on any atom is 0.413 e. The van der Waals surface area contributed by atoms with E-state index in [9.17, 15) is 4.79 Å². The van der Waals surface area contributed by atoms with Gasteiger partial charge in [-0.1, -0.05) is 31.9 Å². The van der Waals surface area contributed by atoms with Gasteiger partial charge in [0.2, 0.25) is 0 Å². The van der Waals surface area contributed by atoms with Crippen molar-refractivity contribution in [3.05, 3.63) is 40.5 Å². The molecule has 4 rings (SSSR count). The van der Waals surface area contributed by atoms with Gasteiger partial charge in [-0.05, 0) is 88.6 Å². The van der Waals surface area contributed by atoms with Gasteiger partial charge in [-0.3, -0.25) is 10.00 Å². The molecule has 1 amide bonds. The van der Waals surface area contributed by atoms with Gasteiger partial charge >= 0.3 is 6.09 Å². The second-order valence-electron chi connectivity index (χ2n) is 10.8. The van der Waals surface area contributed by atoms with E-state index < -0.39 is 6.09 Å². The quantitative estimate of drug-likeness (QED) is 0.364. The monoisotopic (exact) mass is 552 g/mol. The molecule has 0 radical (unpaired) electrons. The van der Waals surface area contributed by atoms with Gasteiger partial charge in [0.1, 0.15) is 11.9 Å². The topological polar surface area (TPSA) is 68.6 Å². The molecule has 0 atom stereocenters. The third-order valence-electron chi connectivity index (χ3n) is 7.16. The summed E-state index contributed by atoms with van der Waals surface area (Å²) >= 11 is 6.25. The minimum atomic E-state index is -0.428. The van der Waals surface area contributed by atoms with Crippen LogP contribution in [0.25, 0.3) is 0 Å². The van der Waals surface area contributed by atoms with Crippen LogP contribution in [0.3, 0.4) is 0 Å². The summed E-state index contributed by atoms with van der Waals surface area (Å²) in [6, 6.07) is 7.49. The van der Waals surface area contributed by atoms with Gasteiger partial charge in [-0.2, -0.15) is 5.10 Å². The lowest BCUT2D eigenvalue weighted by molar-refractivity contribution is 0.0650. The smallest absolute Gasteiger partial charge is 0.413 e. The standard InChI is InChI=1S/C28H41ClN4O3.ClH/c1-20(2)19-35-26-12-9-24(29)16-23(26)18-33-21(3)15-27(31-33)30-28(34)36-25-10-7-22(8-11-25)17-32-13-5-4-6-14-32;/h9,12,15-16,20,22,25H,4-8,10-11,13-14,17-19H2,1-3H3,(H,30,31,34);1H. The highest BCUT2D eigenvalue weighted by atomic mass is 35.5. The minimum Gasteiger partial charge on any atom is -0.493 e. The fourth-order valence-corrected chi connectivity index (χ4v) is 5.38. The number of aryl methyl sites for hydroxylation is 1. The number of benzene rings is 1. The summed E-state index contributed by atoms with van der Waals surface area (Å²) in [6.45, 7) is 11.0. The van der Waals surface area contributed by atoms with Crippen molar-refractivity contribution in [3.63, 3.8) is 0 Å². The molecule has 1 saturated heterocycles. The van der Waals surface area contributed by atoms with Crippen LogP contribution in [-0.4, -0.2) is 53.1 Å². The predicted molar refractivity (Wildman–Crippen MR) is 151 cm³/mol. The molecule has 1 aliphatic carbocycles. The second-order valence-corrected chi connectivity index (χ2v) is 11.3. The van der Waals surface area contributed by atoms with Crippen LogP contribution in [0.2, 0.25) is 5.02 Å². The van der Waals surface area contributed by atoms with Gasteiger partial charge in [0.25, 0.3) is 0 Å². The number of nitrogens with one attached hydrogen (secondary N) is 1. The number of rotatable bonds is 9. The van der Waals surface area contributed by atoms with Crippen LogP contribution in [0.15, 0.2) is 24.3 Å². The van der Waals surface area contributed by atoms with Crippen LogP contribution in [0.5, 0.6) is 5.75 Å². The van der Waals surface area contributed by atoms with E-state index >= 15 is 0 Å². The number of aromatic nitrogens is 2.